The summed E-state index contributed by atoms with van der Waals surface area (Å²) < 4.78 is 0. The van der Waals surface area contributed by atoms with Gasteiger partial charge in [0.25, 0.3) is 5.91 Å². The summed E-state index contributed by atoms with van der Waals surface area (Å²) in [6.45, 7) is 2.91. The number of anilines is 1. The van der Waals surface area contributed by atoms with Crippen molar-refractivity contribution in [3.8, 4) is 10.7 Å². The lowest BCUT2D eigenvalue weighted by atomic mass is 10.2. The standard InChI is InChI=1S/C22H19ClN4OS/c23-16-5-3-6-17(13-16)26-8-10-27(11-9-26)22(28)20-14-29-21(25-20)19-12-15-4-1-2-7-18(15)24-19/h1-7,12-14,24H,8-11H2. The molecule has 2 aromatic carbocycles. The van der Waals surface area contributed by atoms with Crippen molar-refractivity contribution in [3.63, 3.8) is 0 Å². The smallest absolute Gasteiger partial charge is 0.273 e. The third kappa shape index (κ3) is 3.61. The molecular weight excluding hydrogens is 404 g/mol. The molecule has 1 N–H and O–H groups in total. The number of hydrogen-bond donors (Lipinski definition) is 1. The summed E-state index contributed by atoms with van der Waals surface area (Å²) in [6.07, 6.45) is 0. The summed E-state index contributed by atoms with van der Waals surface area (Å²) in [7, 11) is 0. The van der Waals surface area contributed by atoms with E-state index in [9.17, 15) is 4.79 Å². The highest BCUT2D eigenvalue weighted by Crippen LogP contribution is 2.27. The Kier molecular flexibility index (Phi) is 4.73. The monoisotopic (exact) mass is 422 g/mol. The number of nitrogens with zero attached hydrogens (tertiary/aromatic N) is 3. The van der Waals surface area contributed by atoms with Crippen LogP contribution in [0.5, 0.6) is 0 Å². The minimum absolute atomic E-state index is 0.00523. The van der Waals surface area contributed by atoms with Gasteiger partial charge in [0.15, 0.2) is 0 Å². The van der Waals surface area contributed by atoms with Crippen molar-refractivity contribution in [2.75, 3.05) is 31.1 Å². The lowest BCUT2D eigenvalue weighted by Gasteiger charge is -2.35. The number of hydrogen-bond acceptors (Lipinski definition) is 4. The van der Waals surface area contributed by atoms with Crippen LogP contribution in [-0.2, 0) is 0 Å². The minimum atomic E-state index is -0.00523. The van der Waals surface area contributed by atoms with Gasteiger partial charge in [-0.2, -0.15) is 0 Å². The van der Waals surface area contributed by atoms with E-state index in [0.717, 1.165) is 45.4 Å². The molecule has 7 heteroatoms. The highest BCUT2D eigenvalue weighted by Gasteiger charge is 2.24. The maximum absolute atomic E-state index is 12.9. The number of para-hydroxylation sites is 1. The van der Waals surface area contributed by atoms with Crippen LogP contribution in [0.15, 0.2) is 60.0 Å². The van der Waals surface area contributed by atoms with Gasteiger partial charge in [0.05, 0.1) is 5.69 Å². The third-order valence-corrected chi connectivity index (χ3v) is 6.33. The van der Waals surface area contributed by atoms with Crippen LogP contribution in [-0.4, -0.2) is 47.0 Å². The number of amides is 1. The lowest BCUT2D eigenvalue weighted by Crippen LogP contribution is -2.48. The summed E-state index contributed by atoms with van der Waals surface area (Å²) >= 11 is 7.60. The number of halogens is 1. The summed E-state index contributed by atoms with van der Waals surface area (Å²) in [6, 6.07) is 18.0. The first kappa shape index (κ1) is 18.2. The van der Waals surface area contributed by atoms with Gasteiger partial charge < -0.3 is 14.8 Å². The number of piperazine rings is 1. The summed E-state index contributed by atoms with van der Waals surface area (Å²) in [4.78, 5) is 25.1. The molecule has 1 fully saturated rings. The van der Waals surface area contributed by atoms with Gasteiger partial charge in [0.2, 0.25) is 0 Å². The van der Waals surface area contributed by atoms with Crippen molar-refractivity contribution >= 4 is 45.4 Å². The average Bonchev–Trinajstić information content (AvgIpc) is 3.40. The highest BCUT2D eigenvalue weighted by atomic mass is 35.5. The quantitative estimate of drug-likeness (QED) is 0.510. The van der Waals surface area contributed by atoms with Crippen molar-refractivity contribution in [1.29, 1.82) is 0 Å². The van der Waals surface area contributed by atoms with Crippen LogP contribution in [0.3, 0.4) is 0 Å². The Morgan fingerprint density at radius 2 is 1.86 bits per heavy atom. The van der Waals surface area contributed by atoms with Crippen LogP contribution in [0.2, 0.25) is 5.02 Å². The SMILES string of the molecule is O=C(c1csc(-c2cc3ccccc3[nH]2)n1)N1CCN(c2cccc(Cl)c2)CC1. The predicted molar refractivity (Wildman–Crippen MR) is 119 cm³/mol. The molecule has 0 radical (unpaired) electrons. The zero-order chi connectivity index (χ0) is 19.8. The molecule has 1 aliphatic heterocycles. The van der Waals surface area contributed by atoms with Crippen LogP contribution >= 0.6 is 22.9 Å². The molecule has 3 heterocycles. The number of carbonyl (C=O) groups excluding carboxylic acids is 1. The molecular formula is C22H19ClN4OS. The number of aromatic nitrogens is 2. The Balaban J connectivity index is 1.28. The maximum Gasteiger partial charge on any atom is 0.273 e. The van der Waals surface area contributed by atoms with Gasteiger partial charge in [-0.25, -0.2) is 4.98 Å². The largest absolute Gasteiger partial charge is 0.368 e. The number of benzene rings is 2. The molecule has 1 saturated heterocycles. The normalized spacial score (nSPS) is 14.5. The fourth-order valence-corrected chi connectivity index (χ4v) is 4.64. The molecule has 1 amide bonds. The van der Waals surface area contributed by atoms with E-state index in [-0.39, 0.29) is 5.91 Å². The van der Waals surface area contributed by atoms with Crippen molar-refractivity contribution in [1.82, 2.24) is 14.9 Å². The second-order valence-corrected chi connectivity index (χ2v) is 8.36. The van der Waals surface area contributed by atoms with E-state index in [4.69, 9.17) is 11.6 Å². The molecule has 146 valence electrons. The number of aromatic amines is 1. The van der Waals surface area contributed by atoms with Gasteiger partial charge in [0.1, 0.15) is 10.7 Å². The molecule has 4 aromatic rings. The first-order valence-corrected chi connectivity index (χ1v) is 10.8. The molecule has 2 aromatic heterocycles. The van der Waals surface area contributed by atoms with Crippen LogP contribution in [0.1, 0.15) is 10.5 Å². The Labute approximate surface area is 177 Å². The average molecular weight is 423 g/mol. The summed E-state index contributed by atoms with van der Waals surface area (Å²) in [5, 5.41) is 4.56. The van der Waals surface area contributed by atoms with E-state index in [2.05, 4.69) is 33.1 Å². The van der Waals surface area contributed by atoms with E-state index in [1.54, 1.807) is 0 Å². The van der Waals surface area contributed by atoms with Crippen LogP contribution in [0, 0.1) is 0 Å². The number of H-pyrrole nitrogens is 1. The van der Waals surface area contributed by atoms with E-state index < -0.39 is 0 Å². The molecule has 29 heavy (non-hydrogen) atoms. The van der Waals surface area contributed by atoms with Crippen LogP contribution in [0.25, 0.3) is 21.6 Å². The molecule has 0 bridgehead atoms. The molecule has 1 aliphatic rings. The number of nitrogens with one attached hydrogen (secondary N) is 1. The van der Waals surface area contributed by atoms with Crippen molar-refractivity contribution in [2.45, 2.75) is 0 Å². The van der Waals surface area contributed by atoms with Crippen LogP contribution in [0.4, 0.5) is 5.69 Å². The van der Waals surface area contributed by atoms with Gasteiger partial charge in [-0.1, -0.05) is 35.9 Å². The first-order valence-electron chi connectivity index (χ1n) is 9.51. The van der Waals surface area contributed by atoms with Crippen molar-refractivity contribution in [3.05, 3.63) is 70.7 Å². The molecule has 0 atom stereocenters. The fourth-order valence-electron chi connectivity index (χ4n) is 3.69. The second kappa shape index (κ2) is 7.54. The van der Waals surface area contributed by atoms with Crippen molar-refractivity contribution in [2.24, 2.45) is 0 Å². The Morgan fingerprint density at radius 1 is 1.03 bits per heavy atom. The van der Waals surface area contributed by atoms with Gasteiger partial charge >= 0.3 is 0 Å². The molecule has 5 rings (SSSR count). The molecule has 0 unspecified atom stereocenters. The predicted octanol–water partition coefficient (Wildman–Crippen LogP) is 4.91. The fraction of sp³-hybridized carbons (Fsp3) is 0.182. The van der Waals surface area contributed by atoms with Gasteiger partial charge in [-0.3, -0.25) is 4.79 Å². The zero-order valence-electron chi connectivity index (χ0n) is 15.6. The Bertz CT molecular complexity index is 1140. The number of thiazole rings is 1. The van der Waals surface area contributed by atoms with Gasteiger partial charge in [-0.05, 0) is 30.3 Å². The lowest BCUT2D eigenvalue weighted by molar-refractivity contribution is 0.0742. The second-order valence-electron chi connectivity index (χ2n) is 7.07. The Morgan fingerprint density at radius 3 is 2.66 bits per heavy atom. The van der Waals surface area contributed by atoms with Gasteiger partial charge in [0, 0.05) is 53.2 Å². The topological polar surface area (TPSA) is 52.2 Å². The molecule has 0 saturated carbocycles. The van der Waals surface area contributed by atoms with E-state index >= 15 is 0 Å². The maximum atomic E-state index is 12.9. The summed E-state index contributed by atoms with van der Waals surface area (Å²) in [5.41, 5.74) is 3.63. The zero-order valence-corrected chi connectivity index (χ0v) is 17.2. The summed E-state index contributed by atoms with van der Waals surface area (Å²) in [5.74, 6) is -0.00523. The van der Waals surface area contributed by atoms with Crippen molar-refractivity contribution < 1.29 is 4.79 Å². The van der Waals surface area contributed by atoms with Gasteiger partial charge in [-0.15, -0.1) is 11.3 Å². The molecule has 0 aliphatic carbocycles. The first-order chi connectivity index (χ1) is 14.2. The molecule has 0 spiro atoms. The minimum Gasteiger partial charge on any atom is -0.368 e. The highest BCUT2D eigenvalue weighted by molar-refractivity contribution is 7.13. The van der Waals surface area contributed by atoms with E-state index in [1.807, 2.05) is 46.7 Å². The number of carbonyl (C=O) groups is 1. The van der Waals surface area contributed by atoms with E-state index in [0.29, 0.717) is 18.8 Å². The number of fused-ring (bicyclic) bond motifs is 1. The van der Waals surface area contributed by atoms with E-state index in [1.165, 1.54) is 11.3 Å². The third-order valence-electron chi connectivity index (χ3n) is 5.22. The Hall–Kier alpha value is -2.83. The number of rotatable bonds is 3. The molecule has 5 nitrogen and oxygen atoms in total. The van der Waals surface area contributed by atoms with Crippen LogP contribution < -0.4 is 4.90 Å².